The second-order valence-corrected chi connectivity index (χ2v) is 6.89. The Hall–Kier alpha value is -2.05. The fourth-order valence-corrected chi connectivity index (χ4v) is 2.59. The molecule has 0 saturated heterocycles. The number of aliphatic hydroxyl groups is 1. The zero-order chi connectivity index (χ0) is 16.2. The van der Waals surface area contributed by atoms with Crippen molar-refractivity contribution in [2.24, 2.45) is 0 Å². The van der Waals surface area contributed by atoms with Crippen LogP contribution in [0.2, 0.25) is 0 Å². The topological polar surface area (TPSA) is 75.1 Å². The molecule has 0 aliphatic heterocycles. The number of pyridine rings is 1. The molecular formula is C16H19N3O2S. The SMILES string of the molecule is CC(C)(C)c1ncc(/C=C/C(=O)Nc2cnccc2CO)s1. The van der Waals surface area contributed by atoms with Crippen LogP contribution in [0.5, 0.6) is 0 Å². The molecule has 0 fully saturated rings. The molecule has 0 unspecified atom stereocenters. The van der Waals surface area contributed by atoms with Crippen molar-refractivity contribution in [2.75, 3.05) is 5.32 Å². The number of rotatable bonds is 4. The molecule has 0 aromatic carbocycles. The molecule has 0 atom stereocenters. The summed E-state index contributed by atoms with van der Waals surface area (Å²) in [5, 5.41) is 12.9. The van der Waals surface area contributed by atoms with Gasteiger partial charge in [-0.1, -0.05) is 20.8 Å². The van der Waals surface area contributed by atoms with Crippen LogP contribution in [-0.2, 0) is 16.8 Å². The largest absolute Gasteiger partial charge is 0.392 e. The number of amides is 1. The van der Waals surface area contributed by atoms with Gasteiger partial charge in [-0.15, -0.1) is 11.3 Å². The quantitative estimate of drug-likeness (QED) is 0.850. The standard InChI is InChI=1S/C16H19N3O2S/c1-16(2,3)15-18-8-12(22-15)4-5-14(21)19-13-9-17-7-6-11(13)10-20/h4-9,20H,10H2,1-3H3,(H,19,21)/b5-4+. The van der Waals surface area contributed by atoms with Crippen molar-refractivity contribution in [3.05, 3.63) is 46.2 Å². The number of nitrogens with one attached hydrogen (secondary N) is 1. The summed E-state index contributed by atoms with van der Waals surface area (Å²) in [6, 6.07) is 1.66. The van der Waals surface area contributed by atoms with Gasteiger partial charge in [-0.2, -0.15) is 0 Å². The van der Waals surface area contributed by atoms with Gasteiger partial charge in [-0.3, -0.25) is 9.78 Å². The molecule has 0 bridgehead atoms. The zero-order valence-corrected chi connectivity index (χ0v) is 13.6. The molecule has 0 spiro atoms. The van der Waals surface area contributed by atoms with Crippen LogP contribution in [-0.4, -0.2) is 21.0 Å². The van der Waals surface area contributed by atoms with Crippen molar-refractivity contribution in [3.8, 4) is 0 Å². The number of hydrogen-bond acceptors (Lipinski definition) is 5. The molecule has 0 aliphatic carbocycles. The lowest BCUT2D eigenvalue weighted by Gasteiger charge is -2.13. The van der Waals surface area contributed by atoms with Crippen LogP contribution in [0.3, 0.4) is 0 Å². The fraction of sp³-hybridized carbons (Fsp3) is 0.312. The first kappa shape index (κ1) is 16.3. The summed E-state index contributed by atoms with van der Waals surface area (Å²) in [6.45, 7) is 6.16. The number of aromatic nitrogens is 2. The van der Waals surface area contributed by atoms with Gasteiger partial charge in [0.1, 0.15) is 0 Å². The zero-order valence-electron chi connectivity index (χ0n) is 12.8. The lowest BCUT2D eigenvalue weighted by atomic mass is 9.98. The Labute approximate surface area is 133 Å². The number of carbonyl (C=O) groups is 1. The molecular weight excluding hydrogens is 298 g/mol. The third kappa shape index (κ3) is 4.22. The Balaban J connectivity index is 2.04. The lowest BCUT2D eigenvalue weighted by Crippen LogP contribution is -2.10. The average Bonchev–Trinajstić information content (AvgIpc) is 2.95. The minimum atomic E-state index is -0.270. The van der Waals surface area contributed by atoms with E-state index in [0.717, 1.165) is 9.88 Å². The van der Waals surface area contributed by atoms with Crippen molar-refractivity contribution < 1.29 is 9.90 Å². The molecule has 116 valence electrons. The Morgan fingerprint density at radius 2 is 2.18 bits per heavy atom. The highest BCUT2D eigenvalue weighted by Crippen LogP contribution is 2.27. The summed E-state index contributed by atoms with van der Waals surface area (Å²) in [7, 11) is 0. The molecule has 1 amide bonds. The van der Waals surface area contributed by atoms with Gasteiger partial charge < -0.3 is 10.4 Å². The molecule has 5 nitrogen and oxygen atoms in total. The van der Waals surface area contributed by atoms with Crippen molar-refractivity contribution in [2.45, 2.75) is 32.8 Å². The number of thiazole rings is 1. The monoisotopic (exact) mass is 317 g/mol. The smallest absolute Gasteiger partial charge is 0.248 e. The van der Waals surface area contributed by atoms with Gasteiger partial charge in [0.25, 0.3) is 0 Å². The second kappa shape index (κ2) is 6.81. The van der Waals surface area contributed by atoms with Crippen molar-refractivity contribution >= 4 is 29.0 Å². The molecule has 0 saturated carbocycles. The highest BCUT2D eigenvalue weighted by Gasteiger charge is 2.17. The molecule has 2 aromatic heterocycles. The Kier molecular flexibility index (Phi) is 5.05. The summed E-state index contributed by atoms with van der Waals surface area (Å²) >= 11 is 1.57. The van der Waals surface area contributed by atoms with Crippen LogP contribution in [0.15, 0.2) is 30.7 Å². The molecule has 22 heavy (non-hydrogen) atoms. The Bertz CT molecular complexity index is 687. The van der Waals surface area contributed by atoms with Gasteiger partial charge in [0.2, 0.25) is 5.91 Å². The van der Waals surface area contributed by atoms with E-state index in [0.29, 0.717) is 11.3 Å². The average molecular weight is 317 g/mol. The van der Waals surface area contributed by atoms with Crippen molar-refractivity contribution in [3.63, 3.8) is 0 Å². The van der Waals surface area contributed by atoms with Crippen LogP contribution >= 0.6 is 11.3 Å². The van der Waals surface area contributed by atoms with Gasteiger partial charge in [0.05, 0.1) is 23.5 Å². The normalized spacial score (nSPS) is 11.8. The Morgan fingerprint density at radius 1 is 1.41 bits per heavy atom. The fourth-order valence-electron chi connectivity index (χ4n) is 1.72. The first-order valence-corrected chi connectivity index (χ1v) is 7.71. The van der Waals surface area contributed by atoms with Crippen molar-refractivity contribution in [1.29, 1.82) is 0 Å². The van der Waals surface area contributed by atoms with E-state index in [1.54, 1.807) is 35.9 Å². The van der Waals surface area contributed by atoms with Crippen LogP contribution in [0.25, 0.3) is 6.08 Å². The predicted molar refractivity (Wildman–Crippen MR) is 88.6 cm³/mol. The van der Waals surface area contributed by atoms with E-state index in [1.165, 1.54) is 12.3 Å². The molecule has 2 heterocycles. The van der Waals surface area contributed by atoms with E-state index >= 15 is 0 Å². The van der Waals surface area contributed by atoms with E-state index in [1.807, 2.05) is 0 Å². The minimum Gasteiger partial charge on any atom is -0.392 e. The molecule has 2 aromatic rings. The molecule has 6 heteroatoms. The number of anilines is 1. The van der Waals surface area contributed by atoms with E-state index in [2.05, 4.69) is 36.1 Å². The van der Waals surface area contributed by atoms with Gasteiger partial charge in [0, 0.05) is 34.3 Å². The maximum Gasteiger partial charge on any atom is 0.248 e. The van der Waals surface area contributed by atoms with Crippen LogP contribution in [0.4, 0.5) is 5.69 Å². The summed E-state index contributed by atoms with van der Waals surface area (Å²) in [5.41, 5.74) is 1.15. The third-order valence-corrected chi connectivity index (χ3v) is 4.29. The maximum absolute atomic E-state index is 11.9. The second-order valence-electron chi connectivity index (χ2n) is 5.83. The van der Waals surface area contributed by atoms with Gasteiger partial charge in [0.15, 0.2) is 0 Å². The van der Waals surface area contributed by atoms with Crippen molar-refractivity contribution in [1.82, 2.24) is 9.97 Å². The van der Waals surface area contributed by atoms with E-state index in [-0.39, 0.29) is 17.9 Å². The first-order chi connectivity index (χ1) is 10.4. The van der Waals surface area contributed by atoms with E-state index < -0.39 is 0 Å². The highest BCUT2D eigenvalue weighted by atomic mass is 32.1. The van der Waals surface area contributed by atoms with Crippen LogP contribution in [0, 0.1) is 0 Å². The summed E-state index contributed by atoms with van der Waals surface area (Å²) < 4.78 is 0. The number of carbonyl (C=O) groups excluding carboxylic acids is 1. The van der Waals surface area contributed by atoms with E-state index in [4.69, 9.17) is 0 Å². The summed E-state index contributed by atoms with van der Waals surface area (Å²) in [6.07, 6.45) is 8.04. The number of nitrogens with zero attached hydrogens (tertiary/aromatic N) is 2. The van der Waals surface area contributed by atoms with E-state index in [9.17, 15) is 9.90 Å². The first-order valence-electron chi connectivity index (χ1n) is 6.89. The van der Waals surface area contributed by atoms with Gasteiger partial charge in [-0.05, 0) is 12.1 Å². The molecule has 0 radical (unpaired) electrons. The minimum absolute atomic E-state index is 0.00471. The lowest BCUT2D eigenvalue weighted by molar-refractivity contribution is -0.111. The van der Waals surface area contributed by atoms with Crippen LogP contribution < -0.4 is 5.32 Å². The highest BCUT2D eigenvalue weighted by molar-refractivity contribution is 7.12. The Morgan fingerprint density at radius 3 is 2.82 bits per heavy atom. The maximum atomic E-state index is 11.9. The summed E-state index contributed by atoms with van der Waals surface area (Å²) in [4.78, 5) is 21.2. The third-order valence-electron chi connectivity index (χ3n) is 2.90. The van der Waals surface area contributed by atoms with Gasteiger partial charge in [-0.25, -0.2) is 4.98 Å². The molecule has 0 aliphatic rings. The summed E-state index contributed by atoms with van der Waals surface area (Å²) in [5.74, 6) is -0.270. The van der Waals surface area contributed by atoms with Gasteiger partial charge >= 0.3 is 0 Å². The number of aliphatic hydroxyl groups excluding tert-OH is 1. The molecule has 2 rings (SSSR count). The van der Waals surface area contributed by atoms with Crippen LogP contribution in [0.1, 0.15) is 36.2 Å². The predicted octanol–water partition coefficient (Wildman–Crippen LogP) is 2.98. The molecule has 2 N–H and O–H groups in total. The number of hydrogen-bond donors (Lipinski definition) is 2.